The van der Waals surface area contributed by atoms with Crippen LogP contribution in [0.15, 0.2) is 18.2 Å². The molecule has 6 heteroatoms. The topological polar surface area (TPSA) is 76.0 Å². The van der Waals surface area contributed by atoms with Gasteiger partial charge in [0, 0.05) is 18.4 Å². The van der Waals surface area contributed by atoms with Crippen LogP contribution in [-0.2, 0) is 5.75 Å². The molecule has 2 N–H and O–H groups in total. The van der Waals surface area contributed by atoms with Crippen molar-refractivity contribution in [2.45, 2.75) is 18.6 Å². The van der Waals surface area contributed by atoms with E-state index in [1.165, 1.54) is 6.07 Å². The van der Waals surface area contributed by atoms with E-state index in [1.54, 1.807) is 17.8 Å². The van der Waals surface area contributed by atoms with Gasteiger partial charge in [-0.2, -0.15) is 11.8 Å². The van der Waals surface area contributed by atoms with E-state index in [4.69, 9.17) is 15.1 Å². The number of aliphatic hydroxyl groups excluding tert-OH is 1. The number of anilines is 1. The van der Waals surface area contributed by atoms with Gasteiger partial charge in [-0.15, -0.1) is 0 Å². The smallest absolute Gasteiger partial charge is 0.121 e. The normalized spacial score (nSPS) is 10.4. The van der Waals surface area contributed by atoms with E-state index < -0.39 is 0 Å². The minimum absolute atomic E-state index is 0.145. The Morgan fingerprint density at radius 3 is 2.72 bits per heavy atom. The molecule has 0 amide bonds. The van der Waals surface area contributed by atoms with E-state index in [0.29, 0.717) is 18.8 Å². The summed E-state index contributed by atoms with van der Waals surface area (Å²) in [6, 6.07) is 4.97. The first-order chi connectivity index (χ1) is 8.67. The van der Waals surface area contributed by atoms with Gasteiger partial charge in [-0.3, -0.25) is 5.21 Å². The summed E-state index contributed by atoms with van der Waals surface area (Å²) in [6.07, 6.45) is 3.40. The van der Waals surface area contributed by atoms with Gasteiger partial charge >= 0.3 is 0 Å². The molecule has 0 saturated carbocycles. The van der Waals surface area contributed by atoms with Crippen LogP contribution in [0.25, 0.3) is 0 Å². The quantitative estimate of drug-likeness (QED) is 0.559. The lowest BCUT2D eigenvalue weighted by atomic mass is 10.2. The van der Waals surface area contributed by atoms with Gasteiger partial charge in [-0.1, -0.05) is 0 Å². The molecule has 0 aliphatic rings. The van der Waals surface area contributed by atoms with Crippen LogP contribution in [0.1, 0.15) is 18.4 Å². The molecule has 1 aromatic carbocycles. The molecule has 1 aromatic rings. The average Bonchev–Trinajstić information content (AvgIpc) is 2.35. The first-order valence-corrected chi connectivity index (χ1v) is 7.09. The third-order valence-corrected chi connectivity index (χ3v) is 2.93. The molecule has 102 valence electrons. The van der Waals surface area contributed by atoms with Crippen molar-refractivity contribution in [2.24, 2.45) is 0 Å². The molecular weight excluding hydrogens is 254 g/mol. The minimum atomic E-state index is -0.162. The highest BCUT2D eigenvalue weighted by atomic mass is 32.2. The highest BCUT2D eigenvalue weighted by molar-refractivity contribution is 7.97. The van der Waals surface area contributed by atoms with E-state index in [-0.39, 0.29) is 17.5 Å². The lowest BCUT2D eigenvalue weighted by molar-refractivity contribution is 0.252. The molecule has 0 aliphatic carbocycles. The number of unbranched alkanes of at least 4 members (excludes halogenated alkanes) is 1. The Bertz CT molecular complexity index is 360. The van der Waals surface area contributed by atoms with Crippen molar-refractivity contribution in [2.75, 3.05) is 24.7 Å². The lowest BCUT2D eigenvalue weighted by Gasteiger charge is -2.23. The summed E-state index contributed by atoms with van der Waals surface area (Å²) in [7, 11) is 0. The summed E-state index contributed by atoms with van der Waals surface area (Å²) in [5, 5.41) is 28.3. The largest absolute Gasteiger partial charge is 0.733 e. The monoisotopic (exact) mass is 272 g/mol. The molecule has 0 aromatic heterocycles. The first-order valence-electron chi connectivity index (χ1n) is 5.70. The van der Waals surface area contributed by atoms with Crippen LogP contribution in [0.5, 0.6) is 5.75 Å². The third-order valence-electron chi connectivity index (χ3n) is 2.30. The highest BCUT2D eigenvalue weighted by Gasteiger charge is 2.03. The SMILES string of the molecule is CSCc1cc(OCCCCO)cc(N([O-])O)c1. The average molecular weight is 272 g/mol. The maximum absolute atomic E-state index is 10.9. The van der Waals surface area contributed by atoms with Gasteiger partial charge in [0.1, 0.15) is 5.75 Å². The van der Waals surface area contributed by atoms with E-state index in [1.807, 2.05) is 12.3 Å². The summed E-state index contributed by atoms with van der Waals surface area (Å²) in [5.74, 6) is 1.30. The van der Waals surface area contributed by atoms with E-state index in [9.17, 15) is 5.21 Å². The molecule has 0 fully saturated rings. The van der Waals surface area contributed by atoms with Crippen molar-refractivity contribution in [1.82, 2.24) is 0 Å². The molecule has 0 bridgehead atoms. The molecule has 5 nitrogen and oxygen atoms in total. The maximum Gasteiger partial charge on any atom is 0.121 e. The summed E-state index contributed by atoms with van der Waals surface area (Å²) >= 11 is 1.63. The maximum atomic E-state index is 10.9. The van der Waals surface area contributed by atoms with Crippen LogP contribution in [-0.4, -0.2) is 29.8 Å². The summed E-state index contributed by atoms with van der Waals surface area (Å²) in [4.78, 5) is 0. The number of hydrogen-bond acceptors (Lipinski definition) is 6. The summed E-state index contributed by atoms with van der Waals surface area (Å²) in [5.41, 5.74) is 1.09. The molecular formula is C12H18NO4S-. The van der Waals surface area contributed by atoms with Gasteiger partial charge in [0.25, 0.3) is 0 Å². The van der Waals surface area contributed by atoms with Gasteiger partial charge < -0.3 is 20.3 Å². The van der Waals surface area contributed by atoms with E-state index in [0.717, 1.165) is 17.7 Å². The van der Waals surface area contributed by atoms with Gasteiger partial charge in [-0.25, -0.2) is 0 Å². The fourth-order valence-electron chi connectivity index (χ4n) is 1.49. The van der Waals surface area contributed by atoms with Crippen LogP contribution in [0.3, 0.4) is 0 Å². The van der Waals surface area contributed by atoms with Crippen molar-refractivity contribution in [3.05, 3.63) is 29.0 Å². The van der Waals surface area contributed by atoms with Crippen LogP contribution in [0.2, 0.25) is 0 Å². The Morgan fingerprint density at radius 1 is 1.33 bits per heavy atom. The van der Waals surface area contributed by atoms with E-state index in [2.05, 4.69) is 0 Å². The van der Waals surface area contributed by atoms with Crippen molar-refractivity contribution >= 4 is 17.4 Å². The summed E-state index contributed by atoms with van der Waals surface area (Å²) < 4.78 is 5.49. The molecule has 0 aliphatic heterocycles. The van der Waals surface area contributed by atoms with Crippen LogP contribution < -0.4 is 9.96 Å². The third kappa shape index (κ3) is 5.14. The Hall–Kier alpha value is -0.950. The lowest BCUT2D eigenvalue weighted by Crippen LogP contribution is -2.08. The molecule has 1 rings (SSSR count). The number of ether oxygens (including phenoxy) is 1. The standard InChI is InChI=1S/C12H18NO4S/c1-18-9-10-6-11(13(15)16)8-12(7-10)17-5-3-2-4-14/h6-8,14-15H,2-5,9H2,1H3/q-1. The molecule has 0 unspecified atom stereocenters. The van der Waals surface area contributed by atoms with Crippen LogP contribution in [0.4, 0.5) is 5.69 Å². The van der Waals surface area contributed by atoms with Crippen molar-refractivity contribution in [3.8, 4) is 5.75 Å². The Kier molecular flexibility index (Phi) is 6.89. The second kappa shape index (κ2) is 8.20. The molecule has 0 heterocycles. The fraction of sp³-hybridized carbons (Fsp3) is 0.500. The van der Waals surface area contributed by atoms with Gasteiger partial charge in [0.2, 0.25) is 0 Å². The predicted molar refractivity (Wildman–Crippen MR) is 73.1 cm³/mol. The highest BCUT2D eigenvalue weighted by Crippen LogP contribution is 2.25. The molecule has 0 radical (unpaired) electrons. The fourth-order valence-corrected chi connectivity index (χ4v) is 1.99. The molecule has 0 saturated heterocycles. The number of thioether (sulfide) groups is 1. The zero-order valence-corrected chi connectivity index (χ0v) is 11.2. The number of nitrogens with zero attached hydrogens (tertiary/aromatic N) is 1. The first kappa shape index (κ1) is 15.1. The number of benzene rings is 1. The van der Waals surface area contributed by atoms with Gasteiger partial charge in [-0.05, 0) is 36.8 Å². The Morgan fingerprint density at radius 2 is 2.11 bits per heavy atom. The van der Waals surface area contributed by atoms with Crippen molar-refractivity contribution < 1.29 is 15.1 Å². The Labute approximate surface area is 111 Å². The number of aliphatic hydroxyl groups is 1. The van der Waals surface area contributed by atoms with E-state index >= 15 is 0 Å². The minimum Gasteiger partial charge on any atom is -0.733 e. The van der Waals surface area contributed by atoms with Crippen molar-refractivity contribution in [3.63, 3.8) is 0 Å². The molecule has 0 atom stereocenters. The van der Waals surface area contributed by atoms with Gasteiger partial charge in [0.05, 0.1) is 12.3 Å². The second-order valence-electron chi connectivity index (χ2n) is 3.82. The summed E-state index contributed by atoms with van der Waals surface area (Å²) in [6.45, 7) is 0.624. The number of rotatable bonds is 8. The molecule has 18 heavy (non-hydrogen) atoms. The predicted octanol–water partition coefficient (Wildman–Crippen LogP) is 2.39. The van der Waals surface area contributed by atoms with Crippen molar-refractivity contribution in [1.29, 1.82) is 0 Å². The zero-order chi connectivity index (χ0) is 13.4. The van der Waals surface area contributed by atoms with Crippen LogP contribution >= 0.6 is 11.8 Å². The zero-order valence-electron chi connectivity index (χ0n) is 10.3. The molecule has 0 spiro atoms. The van der Waals surface area contributed by atoms with Gasteiger partial charge in [0.15, 0.2) is 0 Å². The second-order valence-corrected chi connectivity index (χ2v) is 4.69. The Balaban J connectivity index is 2.69. The number of hydrogen-bond donors (Lipinski definition) is 2. The van der Waals surface area contributed by atoms with Crippen LogP contribution in [0, 0.1) is 5.21 Å².